The summed E-state index contributed by atoms with van der Waals surface area (Å²) in [5.41, 5.74) is 5.90. The molecule has 1 aliphatic carbocycles. The number of ketones is 2. The van der Waals surface area contributed by atoms with Crippen molar-refractivity contribution in [2.45, 2.75) is 78.4 Å². The lowest BCUT2D eigenvalue weighted by Crippen LogP contribution is -2.60. The van der Waals surface area contributed by atoms with Gasteiger partial charge in [-0.2, -0.15) is 0 Å². The summed E-state index contributed by atoms with van der Waals surface area (Å²) < 4.78 is 0. The van der Waals surface area contributed by atoms with Gasteiger partial charge in [0, 0.05) is 31.9 Å². The number of benzene rings is 1. The molecule has 5 N–H and O–H groups in total. The Kier molecular flexibility index (Phi) is 11.2. The largest absolute Gasteiger partial charge is 0.378 e. The van der Waals surface area contributed by atoms with Crippen LogP contribution in [0.2, 0.25) is 0 Å². The first-order valence-electron chi connectivity index (χ1n) is 15.3. The normalized spacial score (nSPS) is 21.2. The van der Waals surface area contributed by atoms with Gasteiger partial charge in [-0.1, -0.05) is 53.9 Å². The summed E-state index contributed by atoms with van der Waals surface area (Å²) in [5.74, 6) is -3.20. The number of carbonyl (C=O) groups excluding carboxylic acids is 6. The van der Waals surface area contributed by atoms with Gasteiger partial charge in [0.15, 0.2) is 5.78 Å². The van der Waals surface area contributed by atoms with E-state index in [1.807, 2.05) is 45.0 Å². The number of Topliss-reactive ketones (excluding diaryl/α,β-unsaturated/α-hetero) is 2. The average molecular weight is 613 g/mol. The average Bonchev–Trinajstić information content (AvgIpc) is 3.72. The topological polar surface area (TPSA) is 171 Å². The van der Waals surface area contributed by atoms with E-state index in [9.17, 15) is 28.8 Å². The Hall–Kier alpha value is -3.96. The molecule has 5 atom stereocenters. The van der Waals surface area contributed by atoms with Gasteiger partial charge >= 0.3 is 6.03 Å². The van der Waals surface area contributed by atoms with Crippen molar-refractivity contribution < 1.29 is 28.8 Å². The lowest BCUT2D eigenvalue weighted by atomic mass is 9.85. The second-order valence-electron chi connectivity index (χ2n) is 13.4. The molecule has 0 radical (unpaired) electrons. The summed E-state index contributed by atoms with van der Waals surface area (Å²) in [6.07, 6.45) is 2.86. The van der Waals surface area contributed by atoms with Gasteiger partial charge in [-0.05, 0) is 53.9 Å². The van der Waals surface area contributed by atoms with E-state index in [0.29, 0.717) is 24.9 Å². The molecule has 1 heterocycles. The van der Waals surface area contributed by atoms with Crippen molar-refractivity contribution in [2.24, 2.45) is 28.9 Å². The third kappa shape index (κ3) is 8.57. The first kappa shape index (κ1) is 34.5. The molecule has 1 aromatic rings. The molecule has 0 bridgehead atoms. The number of carbonyl (C=O) groups is 6. The first-order chi connectivity index (χ1) is 20.5. The first-order valence-corrected chi connectivity index (χ1v) is 15.3. The highest BCUT2D eigenvalue weighted by molar-refractivity contribution is 6.37. The summed E-state index contributed by atoms with van der Waals surface area (Å²) in [4.78, 5) is 81.1. The zero-order valence-corrected chi connectivity index (χ0v) is 26.9. The Morgan fingerprint density at radius 3 is 2.14 bits per heavy atom. The van der Waals surface area contributed by atoms with Crippen LogP contribution in [0.15, 0.2) is 24.3 Å². The molecule has 1 aromatic carbocycles. The Morgan fingerprint density at radius 2 is 1.64 bits per heavy atom. The minimum absolute atomic E-state index is 0.00868. The summed E-state index contributed by atoms with van der Waals surface area (Å²) >= 11 is 0. The van der Waals surface area contributed by atoms with Crippen molar-refractivity contribution >= 4 is 41.0 Å². The van der Waals surface area contributed by atoms with Gasteiger partial charge in [-0.3, -0.25) is 24.0 Å². The zero-order chi connectivity index (χ0) is 32.9. The highest BCUT2D eigenvalue weighted by atomic mass is 16.2. The fourth-order valence-electron chi connectivity index (χ4n) is 5.73. The van der Waals surface area contributed by atoms with Crippen LogP contribution >= 0.6 is 0 Å². The Labute approximate surface area is 259 Å². The second-order valence-corrected chi connectivity index (χ2v) is 13.4. The van der Waals surface area contributed by atoms with Crippen LogP contribution in [0.3, 0.4) is 0 Å². The Balaban J connectivity index is 1.74. The highest BCUT2D eigenvalue weighted by Crippen LogP contribution is 2.36. The molecule has 5 amide bonds. The molecule has 12 heteroatoms. The van der Waals surface area contributed by atoms with Gasteiger partial charge < -0.3 is 31.5 Å². The number of anilines is 1. The Morgan fingerprint density at radius 1 is 1.02 bits per heavy atom. The third-order valence-corrected chi connectivity index (χ3v) is 8.73. The lowest BCUT2D eigenvalue weighted by Gasteiger charge is -2.36. The van der Waals surface area contributed by atoms with Gasteiger partial charge in [0.2, 0.25) is 17.6 Å². The maximum Gasteiger partial charge on any atom is 0.315 e. The zero-order valence-electron chi connectivity index (χ0n) is 26.9. The predicted molar refractivity (Wildman–Crippen MR) is 167 cm³/mol. The van der Waals surface area contributed by atoms with E-state index >= 15 is 0 Å². The number of amides is 5. The van der Waals surface area contributed by atoms with E-state index in [1.54, 1.807) is 32.9 Å². The van der Waals surface area contributed by atoms with Crippen LogP contribution in [0, 0.1) is 23.2 Å². The summed E-state index contributed by atoms with van der Waals surface area (Å²) in [6, 6.07) is 3.34. The van der Waals surface area contributed by atoms with Gasteiger partial charge in [0.05, 0.1) is 12.6 Å². The van der Waals surface area contributed by atoms with Crippen LogP contribution in [0.5, 0.6) is 0 Å². The summed E-state index contributed by atoms with van der Waals surface area (Å²) in [5, 5.41) is 8.02. The number of nitrogens with two attached hydrogens (primary N) is 1. The van der Waals surface area contributed by atoms with Crippen LogP contribution in [-0.2, 0) is 19.2 Å². The van der Waals surface area contributed by atoms with E-state index in [-0.39, 0.29) is 30.1 Å². The number of hydrogen-bond donors (Lipinski definition) is 4. The number of likely N-dealkylation sites (tertiary alicyclic amines) is 1. The molecule has 1 saturated carbocycles. The molecule has 1 aliphatic heterocycles. The van der Waals surface area contributed by atoms with Crippen molar-refractivity contribution in [3.63, 3.8) is 0 Å². The molecule has 3 rings (SSSR count). The van der Waals surface area contributed by atoms with Crippen LogP contribution in [-0.4, -0.2) is 85.5 Å². The van der Waals surface area contributed by atoms with Crippen molar-refractivity contribution in [3.05, 3.63) is 29.8 Å². The maximum atomic E-state index is 14.1. The van der Waals surface area contributed by atoms with E-state index in [4.69, 9.17) is 5.73 Å². The SMILES string of the molecule is CC[C@H]1CN(C(=O)[C@@H](NC(=O)NCC(=O)c2ccc(N(C)C)cc2)C(C)(C)C)[C@H](C(=O)NC(CC2CC2)C(=O)C(N)=O)[C@H]1C. The van der Waals surface area contributed by atoms with Crippen LogP contribution in [0.1, 0.15) is 70.7 Å². The number of nitrogens with one attached hydrogen (secondary N) is 3. The fraction of sp³-hybridized carbons (Fsp3) is 0.625. The van der Waals surface area contributed by atoms with E-state index < -0.39 is 53.1 Å². The molecule has 1 unspecified atom stereocenters. The second kappa shape index (κ2) is 14.2. The number of rotatable bonds is 13. The van der Waals surface area contributed by atoms with Crippen molar-refractivity contribution in [3.8, 4) is 0 Å². The van der Waals surface area contributed by atoms with Gasteiger partial charge in [-0.25, -0.2) is 4.79 Å². The molecule has 1 saturated heterocycles. The van der Waals surface area contributed by atoms with Crippen LogP contribution < -0.4 is 26.6 Å². The van der Waals surface area contributed by atoms with Crippen molar-refractivity contribution in [1.29, 1.82) is 0 Å². The number of urea groups is 1. The molecule has 0 aromatic heterocycles. The van der Waals surface area contributed by atoms with Gasteiger partial charge in [-0.15, -0.1) is 0 Å². The highest BCUT2D eigenvalue weighted by Gasteiger charge is 2.49. The van der Waals surface area contributed by atoms with Crippen molar-refractivity contribution in [2.75, 3.05) is 32.1 Å². The summed E-state index contributed by atoms with van der Waals surface area (Å²) in [7, 11) is 3.79. The van der Waals surface area contributed by atoms with E-state index in [0.717, 1.165) is 18.5 Å². The quantitative estimate of drug-likeness (QED) is 0.195. The number of primary amides is 1. The predicted octanol–water partition coefficient (Wildman–Crippen LogP) is 1.86. The number of hydrogen-bond acceptors (Lipinski definition) is 7. The van der Waals surface area contributed by atoms with Gasteiger partial charge in [0.25, 0.3) is 5.91 Å². The number of nitrogens with zero attached hydrogens (tertiary/aromatic N) is 2. The molecule has 0 spiro atoms. The van der Waals surface area contributed by atoms with E-state index in [1.165, 1.54) is 4.90 Å². The molecular formula is C32H48N6O6. The standard InChI is InChI=1S/C32H48N6O6/c1-8-20-17-38(25(18(20)2)29(42)35-23(15-19-9-10-19)26(40)28(33)41)30(43)27(32(3,4)5)36-31(44)34-16-24(39)21-11-13-22(14-12-21)37(6)7/h11-14,18-20,23,25,27H,8-10,15-17H2,1-7H3,(H2,33,41)(H,35,42)(H2,34,36,44)/t18-,20-,23?,25-,27+/m0/s1. The van der Waals surface area contributed by atoms with Gasteiger partial charge in [0.1, 0.15) is 12.1 Å². The molecule has 12 nitrogen and oxygen atoms in total. The lowest BCUT2D eigenvalue weighted by molar-refractivity contribution is -0.144. The maximum absolute atomic E-state index is 14.1. The smallest absolute Gasteiger partial charge is 0.315 e. The minimum atomic E-state index is -1.11. The fourth-order valence-corrected chi connectivity index (χ4v) is 5.73. The Bertz CT molecular complexity index is 1250. The molecule has 242 valence electrons. The van der Waals surface area contributed by atoms with Crippen LogP contribution in [0.25, 0.3) is 0 Å². The molecular weight excluding hydrogens is 564 g/mol. The van der Waals surface area contributed by atoms with Crippen LogP contribution in [0.4, 0.5) is 10.5 Å². The minimum Gasteiger partial charge on any atom is -0.378 e. The molecule has 2 fully saturated rings. The third-order valence-electron chi connectivity index (χ3n) is 8.73. The van der Waals surface area contributed by atoms with E-state index in [2.05, 4.69) is 16.0 Å². The monoisotopic (exact) mass is 612 g/mol. The molecule has 44 heavy (non-hydrogen) atoms. The summed E-state index contributed by atoms with van der Waals surface area (Å²) in [6.45, 7) is 9.30. The van der Waals surface area contributed by atoms with Crippen molar-refractivity contribution in [1.82, 2.24) is 20.9 Å². The molecule has 2 aliphatic rings.